The van der Waals surface area contributed by atoms with Crippen LogP contribution in [-0.4, -0.2) is 0 Å². The first-order valence-corrected chi connectivity index (χ1v) is 22.7. The number of anilines is 3. The van der Waals surface area contributed by atoms with Gasteiger partial charge in [0.05, 0.1) is 5.69 Å². The number of hydrogen-bond donors (Lipinski definition) is 0. The maximum absolute atomic E-state index is 2.45. The van der Waals surface area contributed by atoms with Crippen molar-refractivity contribution in [3.8, 4) is 11.1 Å². The molecule has 60 heavy (non-hydrogen) atoms. The highest BCUT2D eigenvalue weighted by molar-refractivity contribution is 7.26. The molecule has 3 heterocycles. The summed E-state index contributed by atoms with van der Waals surface area (Å²) in [4.78, 5) is 2.45. The minimum Gasteiger partial charge on any atom is -0.310 e. The van der Waals surface area contributed by atoms with Crippen LogP contribution < -0.4 is 4.90 Å². The van der Waals surface area contributed by atoms with Crippen LogP contribution in [0.5, 0.6) is 0 Å². The van der Waals surface area contributed by atoms with Crippen LogP contribution in [0.2, 0.25) is 0 Å². The summed E-state index contributed by atoms with van der Waals surface area (Å²) in [6.07, 6.45) is 2.39. The van der Waals surface area contributed by atoms with E-state index in [0.717, 1.165) is 11.4 Å². The topological polar surface area (TPSA) is 3.24 Å². The fraction of sp³-hybridized carbons (Fsp3) is 0. The zero-order chi connectivity index (χ0) is 39.6. The highest BCUT2D eigenvalue weighted by Gasteiger charge is 2.20. The van der Waals surface area contributed by atoms with Crippen LogP contribution in [0.4, 0.5) is 17.1 Å². The fourth-order valence-electron chi connectivity index (χ4n) is 8.83. The molecule has 12 aromatic rings. The van der Waals surface area contributed by atoms with Crippen LogP contribution in [0.15, 0.2) is 206 Å². The predicted molar refractivity (Wildman–Crippen MR) is 265 cm³/mol. The van der Waals surface area contributed by atoms with Crippen molar-refractivity contribution in [1.82, 2.24) is 0 Å². The zero-order valence-electron chi connectivity index (χ0n) is 32.4. The monoisotopic (exact) mass is 817 g/mol. The molecule has 0 saturated heterocycles. The second kappa shape index (κ2) is 14.5. The molecule has 0 N–H and O–H groups in total. The predicted octanol–water partition coefficient (Wildman–Crippen LogP) is 17.5. The van der Waals surface area contributed by atoms with Gasteiger partial charge in [-0.1, -0.05) is 133 Å². The van der Waals surface area contributed by atoms with Gasteiger partial charge in [-0.3, -0.25) is 0 Å². The summed E-state index contributed by atoms with van der Waals surface area (Å²) in [6.45, 7) is 0. The molecule has 0 atom stereocenters. The quantitative estimate of drug-likeness (QED) is 0.145. The van der Waals surface area contributed by atoms with Crippen molar-refractivity contribution in [3.63, 3.8) is 0 Å². The molecule has 0 saturated carbocycles. The normalized spacial score (nSPS) is 12.1. The standard InChI is InChI=1S/C56H35NS3/c1-3-12-37(13-4-1)38-23-25-39(26-24-38)46(32-36-22-30-52-47(33-36)44-17-8-10-20-51(44)58-52)40-27-31-53-48(34-40)56-49(18-11-21-54(56)59-53)57(41-14-5-2-6-15-41)42-28-29-45-43-16-7-9-19-50(43)60-55(45)35-42/h1-35H. The van der Waals surface area contributed by atoms with Gasteiger partial charge in [-0.25, -0.2) is 0 Å². The minimum atomic E-state index is 1.14. The molecule has 0 fully saturated rings. The Balaban J connectivity index is 1.05. The first kappa shape index (κ1) is 35.2. The number of thiophene rings is 3. The van der Waals surface area contributed by atoms with Crippen LogP contribution >= 0.6 is 34.0 Å². The van der Waals surface area contributed by atoms with Gasteiger partial charge in [-0.2, -0.15) is 0 Å². The van der Waals surface area contributed by atoms with Gasteiger partial charge in [0.15, 0.2) is 0 Å². The van der Waals surface area contributed by atoms with Gasteiger partial charge in [0, 0.05) is 71.9 Å². The molecular weight excluding hydrogens is 783 g/mol. The average molecular weight is 818 g/mol. The van der Waals surface area contributed by atoms with Gasteiger partial charge >= 0.3 is 0 Å². The Morgan fingerprint density at radius 2 is 0.933 bits per heavy atom. The van der Waals surface area contributed by atoms with Crippen molar-refractivity contribution in [2.24, 2.45) is 0 Å². The first-order chi connectivity index (χ1) is 29.7. The van der Waals surface area contributed by atoms with E-state index >= 15 is 0 Å². The maximum atomic E-state index is 2.45. The Kier molecular flexibility index (Phi) is 8.48. The molecule has 282 valence electrons. The fourth-order valence-corrected chi connectivity index (χ4v) is 12.2. The molecule has 12 rings (SSSR count). The van der Waals surface area contributed by atoms with Crippen LogP contribution in [0.25, 0.3) is 83.3 Å². The lowest BCUT2D eigenvalue weighted by atomic mass is 9.92. The van der Waals surface area contributed by atoms with E-state index in [9.17, 15) is 0 Å². The third-order valence-corrected chi connectivity index (χ3v) is 15.1. The maximum Gasteiger partial charge on any atom is 0.0554 e. The molecule has 0 bridgehead atoms. The Morgan fingerprint density at radius 3 is 1.73 bits per heavy atom. The molecule has 4 heteroatoms. The van der Waals surface area contributed by atoms with Crippen LogP contribution in [-0.2, 0) is 0 Å². The molecule has 1 nitrogen and oxygen atoms in total. The Morgan fingerprint density at radius 1 is 0.350 bits per heavy atom. The number of hydrogen-bond acceptors (Lipinski definition) is 4. The van der Waals surface area contributed by atoms with Gasteiger partial charge in [0.1, 0.15) is 0 Å². The highest BCUT2D eigenvalue weighted by Crippen LogP contribution is 2.47. The van der Waals surface area contributed by atoms with Crippen molar-refractivity contribution in [2.45, 2.75) is 0 Å². The van der Waals surface area contributed by atoms with Crippen molar-refractivity contribution >= 4 is 123 Å². The first-order valence-electron chi connectivity index (χ1n) is 20.2. The van der Waals surface area contributed by atoms with Gasteiger partial charge in [0.2, 0.25) is 0 Å². The molecule has 0 aliphatic carbocycles. The van der Waals surface area contributed by atoms with Crippen molar-refractivity contribution in [3.05, 3.63) is 223 Å². The molecular formula is C56H35NS3. The summed E-state index contributed by atoms with van der Waals surface area (Å²) in [5.74, 6) is 0. The summed E-state index contributed by atoms with van der Waals surface area (Å²) < 4.78 is 7.80. The van der Waals surface area contributed by atoms with Gasteiger partial charge in [-0.05, 0) is 112 Å². The van der Waals surface area contributed by atoms with E-state index in [4.69, 9.17) is 0 Å². The number of para-hydroxylation sites is 1. The third kappa shape index (κ3) is 6.03. The van der Waals surface area contributed by atoms with E-state index in [2.05, 4.69) is 217 Å². The Hall–Kier alpha value is -6.82. The smallest absolute Gasteiger partial charge is 0.0554 e. The summed E-state index contributed by atoms with van der Waals surface area (Å²) in [5.41, 5.74) is 10.7. The van der Waals surface area contributed by atoms with Crippen LogP contribution in [0, 0.1) is 0 Å². The van der Waals surface area contributed by atoms with E-state index in [1.165, 1.54) is 99.6 Å². The number of nitrogens with zero attached hydrogens (tertiary/aromatic N) is 1. The molecule has 3 aromatic heterocycles. The average Bonchev–Trinajstić information content (AvgIpc) is 4.00. The van der Waals surface area contributed by atoms with Crippen LogP contribution in [0.1, 0.15) is 16.7 Å². The van der Waals surface area contributed by atoms with E-state index in [1.807, 2.05) is 34.0 Å². The highest BCUT2D eigenvalue weighted by atomic mass is 32.1. The lowest BCUT2D eigenvalue weighted by Gasteiger charge is -2.26. The molecule has 0 unspecified atom stereocenters. The second-order valence-electron chi connectivity index (χ2n) is 15.3. The number of benzene rings is 9. The zero-order valence-corrected chi connectivity index (χ0v) is 34.8. The van der Waals surface area contributed by atoms with Crippen LogP contribution in [0.3, 0.4) is 0 Å². The second-order valence-corrected chi connectivity index (χ2v) is 18.5. The molecule has 9 aromatic carbocycles. The Labute approximate surface area is 360 Å². The number of fused-ring (bicyclic) bond motifs is 9. The summed E-state index contributed by atoms with van der Waals surface area (Å²) in [6, 6.07) is 75.8. The Bertz CT molecular complexity index is 3590. The minimum absolute atomic E-state index is 1.14. The van der Waals surface area contributed by atoms with Crippen molar-refractivity contribution in [1.29, 1.82) is 0 Å². The van der Waals surface area contributed by atoms with E-state index < -0.39 is 0 Å². The van der Waals surface area contributed by atoms with Gasteiger partial charge < -0.3 is 4.90 Å². The third-order valence-electron chi connectivity index (χ3n) is 11.7. The molecule has 0 aliphatic heterocycles. The van der Waals surface area contributed by atoms with Gasteiger partial charge in [-0.15, -0.1) is 34.0 Å². The summed E-state index contributed by atoms with van der Waals surface area (Å²) in [7, 11) is 0. The van der Waals surface area contributed by atoms with Crippen molar-refractivity contribution in [2.75, 3.05) is 4.90 Å². The van der Waals surface area contributed by atoms with Gasteiger partial charge in [0.25, 0.3) is 0 Å². The lowest BCUT2D eigenvalue weighted by Crippen LogP contribution is -2.10. The molecule has 0 amide bonds. The summed E-state index contributed by atoms with van der Waals surface area (Å²) in [5, 5.41) is 7.77. The van der Waals surface area contributed by atoms with E-state index in [1.54, 1.807) is 0 Å². The van der Waals surface area contributed by atoms with E-state index in [-0.39, 0.29) is 0 Å². The van der Waals surface area contributed by atoms with E-state index in [0.29, 0.717) is 0 Å². The largest absolute Gasteiger partial charge is 0.310 e. The summed E-state index contributed by atoms with van der Waals surface area (Å²) >= 11 is 5.60. The SMILES string of the molecule is C(=C(c1ccc(-c2ccccc2)cc1)c1ccc2sc3cccc(N(c4ccccc4)c4ccc5c(c4)sc4ccccc45)c3c2c1)c1ccc2sc3ccccc3c2c1. The van der Waals surface area contributed by atoms with Crippen molar-refractivity contribution < 1.29 is 0 Å². The molecule has 0 aliphatic rings. The molecule has 0 radical (unpaired) electrons. The lowest BCUT2D eigenvalue weighted by molar-refractivity contribution is 1.31. The molecule has 0 spiro atoms. The number of rotatable bonds is 7.